The number of quaternary nitrogens is 1. The van der Waals surface area contributed by atoms with E-state index < -0.39 is 36.3 Å². The van der Waals surface area contributed by atoms with Crippen LogP contribution in [0.4, 0.5) is 20.2 Å². The van der Waals surface area contributed by atoms with Gasteiger partial charge in [0.15, 0.2) is 12.3 Å². The number of halogens is 3. The number of anilines is 1. The summed E-state index contributed by atoms with van der Waals surface area (Å²) in [6, 6.07) is 13.4. The number of aliphatic hydroxyl groups is 1. The summed E-state index contributed by atoms with van der Waals surface area (Å²) in [5.41, 5.74) is 12.8. The molecule has 37 heavy (non-hydrogen) atoms. The van der Waals surface area contributed by atoms with Crippen molar-refractivity contribution in [3.63, 3.8) is 0 Å². The fourth-order valence-electron chi connectivity index (χ4n) is 3.85. The zero-order valence-corrected chi connectivity index (χ0v) is 21.3. The fourth-order valence-corrected chi connectivity index (χ4v) is 4.08. The van der Waals surface area contributed by atoms with Gasteiger partial charge in [-0.2, -0.15) is 0 Å². The molecule has 0 aromatic heterocycles. The highest BCUT2D eigenvalue weighted by Gasteiger charge is 2.23. The lowest BCUT2D eigenvalue weighted by molar-refractivity contribution is -0.253. The third-order valence-electron chi connectivity index (χ3n) is 5.87. The highest BCUT2D eigenvalue weighted by molar-refractivity contribution is 6.34. The maximum absolute atomic E-state index is 13.8. The summed E-state index contributed by atoms with van der Waals surface area (Å²) in [6.45, 7) is 2.31. The first-order chi connectivity index (χ1) is 17.7. The summed E-state index contributed by atoms with van der Waals surface area (Å²) >= 11 is 6.18. The molecule has 8 N–H and O–H groups in total. The summed E-state index contributed by atoms with van der Waals surface area (Å²) in [7, 11) is 0. The number of hydrogen-bond acceptors (Lipinski definition) is 5. The van der Waals surface area contributed by atoms with E-state index in [1.54, 1.807) is 6.07 Å². The Balaban J connectivity index is 1.65. The van der Waals surface area contributed by atoms with Gasteiger partial charge in [-0.3, -0.25) is 4.79 Å². The number of benzene rings is 3. The molecule has 0 aliphatic rings. The Hall–Kier alpha value is -3.24. The van der Waals surface area contributed by atoms with Crippen molar-refractivity contribution in [1.29, 1.82) is 0 Å². The Morgan fingerprint density at radius 3 is 2.51 bits per heavy atom. The molecule has 0 bridgehead atoms. The van der Waals surface area contributed by atoms with Crippen LogP contribution in [0.25, 0.3) is 0 Å². The number of aliphatic hydroxyl groups excluding tert-OH is 1. The van der Waals surface area contributed by atoms with E-state index >= 15 is 0 Å². The summed E-state index contributed by atoms with van der Waals surface area (Å²) in [5, 5.41) is 17.0. The van der Waals surface area contributed by atoms with Crippen molar-refractivity contribution >= 4 is 28.9 Å². The highest BCUT2D eigenvalue weighted by atomic mass is 35.5. The van der Waals surface area contributed by atoms with Gasteiger partial charge in [-0.05, 0) is 53.8 Å². The molecule has 2 atom stereocenters. The molecule has 3 aromatic carbocycles. The van der Waals surface area contributed by atoms with Crippen LogP contribution in [0, 0.1) is 11.6 Å². The van der Waals surface area contributed by atoms with Crippen molar-refractivity contribution in [2.75, 3.05) is 18.9 Å². The molecule has 0 heterocycles. The first kappa shape index (κ1) is 28.3. The molecule has 2 unspecified atom stereocenters. The molecule has 0 spiro atoms. The first-order valence-electron chi connectivity index (χ1n) is 11.9. The van der Waals surface area contributed by atoms with Crippen LogP contribution in [-0.4, -0.2) is 36.3 Å². The van der Waals surface area contributed by atoms with E-state index in [1.165, 1.54) is 23.8 Å². The molecule has 3 rings (SSSR count). The number of rotatable bonds is 12. The van der Waals surface area contributed by atoms with Crippen LogP contribution in [-0.2, 0) is 24.2 Å². The van der Waals surface area contributed by atoms with Crippen LogP contribution >= 0.6 is 11.6 Å². The summed E-state index contributed by atoms with van der Waals surface area (Å²) in [5.74, 6) is -1.80. The SMILES string of the molecule is CCc1cccc(CNCC(O)C(Cc2cc(F)cc(F)c2)NC(=O)COc2ccc(N)c([NH3+])c2Cl)c1. The predicted molar refractivity (Wildman–Crippen MR) is 139 cm³/mol. The maximum atomic E-state index is 13.8. The van der Waals surface area contributed by atoms with E-state index in [9.17, 15) is 18.7 Å². The predicted octanol–water partition coefficient (Wildman–Crippen LogP) is 2.89. The van der Waals surface area contributed by atoms with Crippen molar-refractivity contribution in [2.45, 2.75) is 38.5 Å². The van der Waals surface area contributed by atoms with Crippen molar-refractivity contribution in [2.24, 2.45) is 0 Å². The first-order valence-corrected chi connectivity index (χ1v) is 12.3. The summed E-state index contributed by atoms with van der Waals surface area (Å²) < 4.78 is 33.0. The fraction of sp³-hybridized carbons (Fsp3) is 0.296. The Labute approximate surface area is 219 Å². The Morgan fingerprint density at radius 1 is 1.11 bits per heavy atom. The molecular weight excluding hydrogens is 502 g/mol. The van der Waals surface area contributed by atoms with Gasteiger partial charge in [-0.15, -0.1) is 0 Å². The second kappa shape index (κ2) is 13.3. The number of nitrogen functional groups attached to an aromatic ring is 1. The molecular formula is C27H32ClF2N4O3+. The monoisotopic (exact) mass is 533 g/mol. The number of hydrogen-bond donors (Lipinski definition) is 5. The van der Waals surface area contributed by atoms with Gasteiger partial charge in [0.1, 0.15) is 22.4 Å². The zero-order valence-electron chi connectivity index (χ0n) is 20.6. The van der Waals surface area contributed by atoms with Crippen molar-refractivity contribution < 1.29 is 29.2 Å². The minimum absolute atomic E-state index is 0.000239. The Morgan fingerprint density at radius 2 is 1.81 bits per heavy atom. The average Bonchev–Trinajstić information content (AvgIpc) is 2.86. The zero-order chi connectivity index (χ0) is 26.9. The molecule has 0 radical (unpaired) electrons. The van der Waals surface area contributed by atoms with Crippen molar-refractivity contribution in [3.8, 4) is 5.75 Å². The Bertz CT molecular complexity index is 1210. The van der Waals surface area contributed by atoms with Crippen LogP contribution in [0.2, 0.25) is 5.02 Å². The normalized spacial score (nSPS) is 12.7. The van der Waals surface area contributed by atoms with Gasteiger partial charge in [-0.1, -0.05) is 42.8 Å². The quantitative estimate of drug-likeness (QED) is 0.229. The van der Waals surface area contributed by atoms with Gasteiger partial charge in [0, 0.05) is 19.2 Å². The Kier molecular flexibility index (Phi) is 10.2. The lowest BCUT2D eigenvalue weighted by atomic mass is 10.0. The molecule has 0 saturated heterocycles. The van der Waals surface area contributed by atoms with Crippen LogP contribution in [0.1, 0.15) is 23.6 Å². The molecule has 0 saturated carbocycles. The van der Waals surface area contributed by atoms with Crippen LogP contribution in [0.5, 0.6) is 5.75 Å². The smallest absolute Gasteiger partial charge is 0.258 e. The molecule has 198 valence electrons. The van der Waals surface area contributed by atoms with E-state index in [0.29, 0.717) is 23.5 Å². The number of amides is 1. The van der Waals surface area contributed by atoms with Gasteiger partial charge in [0.2, 0.25) is 0 Å². The standard InChI is InChI=1S/C27H31ClF2N4O3/c1-2-16-4-3-5-17(8-16)13-33-14-23(35)22(11-18-9-19(29)12-20(30)10-18)34-25(36)15-37-24-7-6-21(31)27(32)26(24)28/h3-10,12,22-23,33,35H,2,11,13-15,31-32H2,1H3,(H,34,36)/p+1. The second-order valence-electron chi connectivity index (χ2n) is 8.76. The molecule has 1 amide bonds. The van der Waals surface area contributed by atoms with E-state index in [-0.39, 0.29) is 23.7 Å². The summed E-state index contributed by atoms with van der Waals surface area (Å²) in [6.07, 6.45) is -0.148. The van der Waals surface area contributed by atoms with Crippen molar-refractivity contribution in [3.05, 3.63) is 87.9 Å². The maximum Gasteiger partial charge on any atom is 0.258 e. The molecule has 0 aliphatic heterocycles. The van der Waals surface area contributed by atoms with Crippen LogP contribution in [0.15, 0.2) is 54.6 Å². The molecule has 7 nitrogen and oxygen atoms in total. The molecule has 10 heteroatoms. The van der Waals surface area contributed by atoms with E-state index in [0.717, 1.165) is 18.1 Å². The molecule has 0 aliphatic carbocycles. The largest absolute Gasteiger partial charge is 0.482 e. The third-order valence-corrected chi connectivity index (χ3v) is 6.29. The van der Waals surface area contributed by atoms with E-state index in [2.05, 4.69) is 29.4 Å². The topological polar surface area (TPSA) is 124 Å². The van der Waals surface area contributed by atoms with E-state index in [1.807, 2.05) is 18.2 Å². The number of nitrogens with two attached hydrogens (primary N) is 1. The van der Waals surface area contributed by atoms with Gasteiger partial charge in [0.25, 0.3) is 5.91 Å². The van der Waals surface area contributed by atoms with Gasteiger partial charge in [-0.25, -0.2) is 8.78 Å². The number of nitrogens with one attached hydrogen (secondary N) is 2. The lowest BCUT2D eigenvalue weighted by Gasteiger charge is -2.25. The van der Waals surface area contributed by atoms with Crippen molar-refractivity contribution in [1.82, 2.24) is 10.6 Å². The number of carbonyl (C=O) groups is 1. The van der Waals surface area contributed by atoms with Gasteiger partial charge >= 0.3 is 0 Å². The van der Waals surface area contributed by atoms with Gasteiger partial charge in [0.05, 0.1) is 17.8 Å². The molecule has 0 fully saturated rings. The highest BCUT2D eigenvalue weighted by Crippen LogP contribution is 2.33. The van der Waals surface area contributed by atoms with Crippen LogP contribution < -0.4 is 26.8 Å². The third kappa shape index (κ3) is 8.40. The molecule has 3 aromatic rings. The number of aryl methyl sites for hydroxylation is 1. The van der Waals surface area contributed by atoms with Gasteiger partial charge < -0.3 is 31.9 Å². The average molecular weight is 534 g/mol. The van der Waals surface area contributed by atoms with Crippen LogP contribution in [0.3, 0.4) is 0 Å². The lowest BCUT2D eigenvalue weighted by Crippen LogP contribution is -2.49. The number of carbonyl (C=O) groups excluding carboxylic acids is 1. The van der Waals surface area contributed by atoms with E-state index in [4.69, 9.17) is 22.1 Å². The minimum atomic E-state index is -1.06. The summed E-state index contributed by atoms with van der Waals surface area (Å²) in [4.78, 5) is 12.7. The second-order valence-corrected chi connectivity index (χ2v) is 9.14. The number of ether oxygens (including phenoxy) is 1. The minimum Gasteiger partial charge on any atom is -0.482 e.